The molecule has 1 aliphatic rings. The van der Waals surface area contributed by atoms with Gasteiger partial charge in [0, 0.05) is 37.1 Å². The number of hydrogen-bond acceptors (Lipinski definition) is 3. The van der Waals surface area contributed by atoms with Crippen molar-refractivity contribution in [3.8, 4) is 0 Å². The number of rotatable bonds is 2. The highest BCUT2D eigenvalue weighted by atomic mass is 16.3. The van der Waals surface area contributed by atoms with Crippen LogP contribution in [-0.4, -0.2) is 47.8 Å². The predicted octanol–water partition coefficient (Wildman–Crippen LogP) is 4.18. The maximum Gasteiger partial charge on any atom is 0.289 e. The molecule has 0 atom stereocenters. The molecular weight excluding hydrogens is 364 g/mol. The summed E-state index contributed by atoms with van der Waals surface area (Å²) in [7, 11) is 0. The van der Waals surface area contributed by atoms with Crippen LogP contribution in [0.4, 0.5) is 0 Å². The van der Waals surface area contributed by atoms with Crippen molar-refractivity contribution in [2.75, 3.05) is 26.2 Å². The fourth-order valence-electron chi connectivity index (χ4n) is 3.94. The molecule has 5 rings (SSSR count). The van der Waals surface area contributed by atoms with Gasteiger partial charge in [0.05, 0.1) is 0 Å². The van der Waals surface area contributed by atoms with Crippen LogP contribution in [0.2, 0.25) is 0 Å². The van der Waals surface area contributed by atoms with E-state index >= 15 is 0 Å². The number of fused-ring (bicyclic) bond motifs is 2. The van der Waals surface area contributed by atoms with E-state index in [1.54, 1.807) is 11.0 Å². The molecule has 4 aromatic rings. The van der Waals surface area contributed by atoms with E-state index in [2.05, 4.69) is 0 Å². The van der Waals surface area contributed by atoms with Crippen LogP contribution in [0.1, 0.15) is 20.9 Å². The Bertz CT molecular complexity index is 1180. The van der Waals surface area contributed by atoms with Gasteiger partial charge in [0.2, 0.25) is 0 Å². The van der Waals surface area contributed by atoms with Gasteiger partial charge in [-0.15, -0.1) is 0 Å². The molecule has 0 aliphatic carbocycles. The van der Waals surface area contributed by atoms with E-state index in [1.165, 1.54) is 0 Å². The second-order valence-electron chi connectivity index (χ2n) is 7.26. The lowest BCUT2D eigenvalue weighted by atomic mass is 10.0. The molecule has 5 nitrogen and oxygen atoms in total. The van der Waals surface area contributed by atoms with Gasteiger partial charge in [0.1, 0.15) is 5.58 Å². The van der Waals surface area contributed by atoms with Gasteiger partial charge in [-0.3, -0.25) is 9.59 Å². The van der Waals surface area contributed by atoms with Crippen LogP contribution in [0.5, 0.6) is 0 Å². The maximum absolute atomic E-state index is 13.1. The van der Waals surface area contributed by atoms with Crippen LogP contribution in [0.3, 0.4) is 0 Å². The largest absolute Gasteiger partial charge is 0.451 e. The van der Waals surface area contributed by atoms with Crippen molar-refractivity contribution < 1.29 is 14.0 Å². The zero-order valence-corrected chi connectivity index (χ0v) is 15.9. The lowest BCUT2D eigenvalue weighted by Gasteiger charge is -2.34. The highest BCUT2D eigenvalue weighted by Crippen LogP contribution is 2.23. The topological polar surface area (TPSA) is 53.8 Å². The van der Waals surface area contributed by atoms with E-state index in [9.17, 15) is 9.59 Å². The fraction of sp³-hybridized carbons (Fsp3) is 0.167. The Morgan fingerprint density at radius 3 is 2.07 bits per heavy atom. The molecule has 29 heavy (non-hydrogen) atoms. The molecule has 1 saturated heterocycles. The minimum Gasteiger partial charge on any atom is -0.451 e. The van der Waals surface area contributed by atoms with Crippen LogP contribution in [0.25, 0.3) is 21.7 Å². The number of carbonyl (C=O) groups excluding carboxylic acids is 2. The van der Waals surface area contributed by atoms with E-state index < -0.39 is 0 Å². The molecule has 0 unspecified atom stereocenters. The van der Waals surface area contributed by atoms with Gasteiger partial charge in [0.15, 0.2) is 5.76 Å². The number of benzene rings is 3. The molecule has 0 spiro atoms. The van der Waals surface area contributed by atoms with Gasteiger partial charge in [-0.2, -0.15) is 0 Å². The first-order valence-electron chi connectivity index (χ1n) is 9.75. The third-order valence-electron chi connectivity index (χ3n) is 5.51. The fourth-order valence-corrected chi connectivity index (χ4v) is 3.94. The number of para-hydroxylation sites is 1. The molecule has 1 aromatic heterocycles. The summed E-state index contributed by atoms with van der Waals surface area (Å²) >= 11 is 0. The third-order valence-corrected chi connectivity index (χ3v) is 5.51. The molecule has 144 valence electrons. The van der Waals surface area contributed by atoms with Crippen molar-refractivity contribution in [1.82, 2.24) is 9.80 Å². The highest BCUT2D eigenvalue weighted by Gasteiger charge is 2.27. The Morgan fingerprint density at radius 2 is 1.31 bits per heavy atom. The molecule has 0 radical (unpaired) electrons. The summed E-state index contributed by atoms with van der Waals surface area (Å²) in [5.74, 6) is 0.233. The highest BCUT2D eigenvalue weighted by molar-refractivity contribution is 6.07. The number of carbonyl (C=O) groups is 2. The molecule has 0 N–H and O–H groups in total. The number of amides is 2. The monoisotopic (exact) mass is 384 g/mol. The number of nitrogens with zero attached hydrogens (tertiary/aromatic N) is 2. The van der Waals surface area contributed by atoms with Crippen molar-refractivity contribution >= 4 is 33.6 Å². The zero-order valence-electron chi connectivity index (χ0n) is 15.9. The molecule has 0 saturated carbocycles. The van der Waals surface area contributed by atoms with Crippen molar-refractivity contribution in [3.63, 3.8) is 0 Å². The first-order chi connectivity index (χ1) is 14.2. The van der Waals surface area contributed by atoms with E-state index in [0.29, 0.717) is 43.1 Å². The standard InChI is InChI=1S/C24H20N2O3/c27-23(20-10-5-8-17-6-1-3-9-19(17)20)25-12-14-26(15-13-25)24(28)22-16-18-7-2-4-11-21(18)29-22/h1-11,16H,12-15H2. The summed E-state index contributed by atoms with van der Waals surface area (Å²) in [4.78, 5) is 29.5. The Kier molecular flexibility index (Phi) is 4.28. The van der Waals surface area contributed by atoms with Crippen molar-refractivity contribution in [3.05, 3.63) is 84.1 Å². The van der Waals surface area contributed by atoms with E-state index in [0.717, 1.165) is 16.2 Å². The summed E-state index contributed by atoms with van der Waals surface area (Å²) < 4.78 is 5.70. The maximum atomic E-state index is 13.1. The molecule has 2 heterocycles. The van der Waals surface area contributed by atoms with Crippen LogP contribution in [0.15, 0.2) is 77.2 Å². The van der Waals surface area contributed by atoms with Gasteiger partial charge in [-0.05, 0) is 29.0 Å². The van der Waals surface area contributed by atoms with Crippen LogP contribution >= 0.6 is 0 Å². The molecule has 0 bridgehead atoms. The second kappa shape index (κ2) is 7.09. The summed E-state index contributed by atoms with van der Waals surface area (Å²) in [5.41, 5.74) is 1.42. The Labute approximate surface area is 168 Å². The minimum atomic E-state index is -0.126. The summed E-state index contributed by atoms with van der Waals surface area (Å²) in [6, 6.07) is 23.1. The minimum absolute atomic E-state index is 0.0117. The van der Waals surface area contributed by atoms with Crippen LogP contribution in [0, 0.1) is 0 Å². The van der Waals surface area contributed by atoms with Crippen LogP contribution < -0.4 is 0 Å². The van der Waals surface area contributed by atoms with Gasteiger partial charge in [-0.1, -0.05) is 54.6 Å². The number of furan rings is 1. The molecular formula is C24H20N2O3. The SMILES string of the molecule is O=C(c1cc2ccccc2o1)N1CCN(C(=O)c2cccc3ccccc23)CC1. The van der Waals surface area contributed by atoms with E-state index in [-0.39, 0.29) is 11.8 Å². The van der Waals surface area contributed by atoms with Gasteiger partial charge in [0.25, 0.3) is 11.8 Å². The Hall–Kier alpha value is -3.60. The van der Waals surface area contributed by atoms with Gasteiger partial charge < -0.3 is 14.2 Å². The first kappa shape index (κ1) is 17.5. The van der Waals surface area contributed by atoms with Crippen molar-refractivity contribution in [2.45, 2.75) is 0 Å². The summed E-state index contributed by atoms with van der Waals surface area (Å²) in [5, 5.41) is 2.93. The van der Waals surface area contributed by atoms with Crippen LogP contribution in [-0.2, 0) is 0 Å². The number of hydrogen-bond donors (Lipinski definition) is 0. The molecule has 2 amide bonds. The van der Waals surface area contributed by atoms with E-state index in [1.807, 2.05) is 71.6 Å². The Balaban J connectivity index is 1.31. The Morgan fingerprint density at radius 1 is 0.690 bits per heavy atom. The average molecular weight is 384 g/mol. The second-order valence-corrected chi connectivity index (χ2v) is 7.26. The summed E-state index contributed by atoms with van der Waals surface area (Å²) in [6.45, 7) is 2.00. The zero-order chi connectivity index (χ0) is 19.8. The lowest BCUT2D eigenvalue weighted by Crippen LogP contribution is -2.50. The summed E-state index contributed by atoms with van der Waals surface area (Å²) in [6.07, 6.45) is 0. The average Bonchev–Trinajstić information content (AvgIpc) is 3.22. The smallest absolute Gasteiger partial charge is 0.289 e. The molecule has 3 aromatic carbocycles. The molecule has 1 aliphatic heterocycles. The molecule has 1 fully saturated rings. The van der Waals surface area contributed by atoms with Gasteiger partial charge >= 0.3 is 0 Å². The normalized spacial score (nSPS) is 14.5. The van der Waals surface area contributed by atoms with Crippen molar-refractivity contribution in [2.24, 2.45) is 0 Å². The number of piperazine rings is 1. The van der Waals surface area contributed by atoms with Crippen molar-refractivity contribution in [1.29, 1.82) is 0 Å². The lowest BCUT2D eigenvalue weighted by molar-refractivity contribution is 0.0520. The molecule has 5 heteroatoms. The van der Waals surface area contributed by atoms with Gasteiger partial charge in [-0.25, -0.2) is 0 Å². The third kappa shape index (κ3) is 3.14. The first-order valence-corrected chi connectivity index (χ1v) is 9.75. The van der Waals surface area contributed by atoms with E-state index in [4.69, 9.17) is 4.42 Å². The quantitative estimate of drug-likeness (QED) is 0.521. The predicted molar refractivity (Wildman–Crippen MR) is 112 cm³/mol.